The molecule has 0 spiro atoms. The van der Waals surface area contributed by atoms with E-state index < -0.39 is 16.1 Å². The minimum absolute atomic E-state index is 0.110. The highest BCUT2D eigenvalue weighted by atomic mass is 32.2. The molecule has 2 rings (SSSR count). The molecular formula is C19H29N3O5S. The summed E-state index contributed by atoms with van der Waals surface area (Å²) < 4.78 is 32.2. The predicted octanol–water partition coefficient (Wildman–Crippen LogP) is 0.841. The van der Waals surface area contributed by atoms with Gasteiger partial charge in [-0.25, -0.2) is 8.42 Å². The maximum absolute atomic E-state index is 13.0. The average Bonchev–Trinajstić information content (AvgIpc) is 2.71. The molecule has 0 bridgehead atoms. The van der Waals surface area contributed by atoms with Crippen molar-refractivity contribution in [3.63, 3.8) is 0 Å². The molecule has 2 amide bonds. The van der Waals surface area contributed by atoms with E-state index in [1.54, 1.807) is 25.3 Å². The second-order valence-electron chi connectivity index (χ2n) is 6.83. The Balaban J connectivity index is 2.04. The summed E-state index contributed by atoms with van der Waals surface area (Å²) in [6, 6.07) is 7.34. The number of likely N-dealkylation sites (N-methyl/N-ethyl adjacent to an activating group) is 1. The topological polar surface area (TPSA) is 96.0 Å². The zero-order valence-electron chi connectivity index (χ0n) is 16.5. The number of carbonyl (C=O) groups excluding carboxylic acids is 2. The molecule has 1 aliphatic heterocycles. The predicted molar refractivity (Wildman–Crippen MR) is 105 cm³/mol. The van der Waals surface area contributed by atoms with Crippen molar-refractivity contribution in [2.45, 2.75) is 36.6 Å². The normalized spacial score (nSPS) is 17.9. The molecule has 1 aliphatic rings. The zero-order chi connectivity index (χ0) is 20.6. The Hall–Kier alpha value is -1.97. The molecule has 9 heteroatoms. The van der Waals surface area contributed by atoms with Crippen LogP contribution in [0.1, 0.15) is 25.7 Å². The van der Waals surface area contributed by atoms with Crippen LogP contribution >= 0.6 is 0 Å². The molecular weight excluding hydrogens is 382 g/mol. The SMILES string of the molecule is COCCCNC(=O)CN(C)C(=O)C1CCCCN1S(=O)(=O)c1ccccc1. The van der Waals surface area contributed by atoms with E-state index in [2.05, 4.69) is 5.32 Å². The van der Waals surface area contributed by atoms with Crippen molar-refractivity contribution in [2.24, 2.45) is 0 Å². The lowest BCUT2D eigenvalue weighted by molar-refractivity contribution is -0.138. The first kappa shape index (κ1) is 22.3. The summed E-state index contributed by atoms with van der Waals surface area (Å²) >= 11 is 0. The number of rotatable bonds is 9. The Morgan fingerprint density at radius 1 is 1.25 bits per heavy atom. The van der Waals surface area contributed by atoms with E-state index in [1.165, 1.54) is 28.4 Å². The summed E-state index contributed by atoms with van der Waals surface area (Å²) in [5.41, 5.74) is 0. The fourth-order valence-corrected chi connectivity index (χ4v) is 4.89. The van der Waals surface area contributed by atoms with Crippen molar-refractivity contribution in [1.82, 2.24) is 14.5 Å². The molecule has 1 heterocycles. The van der Waals surface area contributed by atoms with Crippen LogP contribution in [0.15, 0.2) is 35.2 Å². The molecule has 1 unspecified atom stereocenters. The van der Waals surface area contributed by atoms with Crippen LogP contribution in [0.3, 0.4) is 0 Å². The minimum Gasteiger partial charge on any atom is -0.385 e. The van der Waals surface area contributed by atoms with Gasteiger partial charge in [0.1, 0.15) is 6.04 Å². The van der Waals surface area contributed by atoms with Crippen molar-refractivity contribution in [1.29, 1.82) is 0 Å². The van der Waals surface area contributed by atoms with Gasteiger partial charge in [0.15, 0.2) is 0 Å². The molecule has 8 nitrogen and oxygen atoms in total. The molecule has 156 valence electrons. The second kappa shape index (κ2) is 10.5. The van der Waals surface area contributed by atoms with Gasteiger partial charge in [0.2, 0.25) is 21.8 Å². The van der Waals surface area contributed by atoms with Crippen LogP contribution < -0.4 is 5.32 Å². The number of nitrogens with zero attached hydrogens (tertiary/aromatic N) is 2. The highest BCUT2D eigenvalue weighted by Crippen LogP contribution is 2.26. The summed E-state index contributed by atoms with van der Waals surface area (Å²) in [5, 5.41) is 2.73. The molecule has 0 saturated carbocycles. The molecule has 1 N–H and O–H groups in total. The van der Waals surface area contributed by atoms with Gasteiger partial charge < -0.3 is 15.0 Å². The Bertz CT molecular complexity index is 754. The van der Waals surface area contributed by atoms with Gasteiger partial charge in [-0.2, -0.15) is 4.31 Å². The molecule has 28 heavy (non-hydrogen) atoms. The largest absolute Gasteiger partial charge is 0.385 e. The summed E-state index contributed by atoms with van der Waals surface area (Å²) in [6.45, 7) is 1.20. The minimum atomic E-state index is -3.77. The lowest BCUT2D eigenvalue weighted by Gasteiger charge is -2.35. The molecule has 1 atom stereocenters. The summed E-state index contributed by atoms with van der Waals surface area (Å²) in [6.07, 6.45) is 2.62. The quantitative estimate of drug-likeness (QED) is 0.608. The molecule has 1 saturated heterocycles. The first-order chi connectivity index (χ1) is 13.4. The lowest BCUT2D eigenvalue weighted by Crippen LogP contribution is -2.53. The van der Waals surface area contributed by atoms with E-state index in [9.17, 15) is 18.0 Å². The van der Waals surface area contributed by atoms with Crippen LogP contribution in [0.4, 0.5) is 0 Å². The van der Waals surface area contributed by atoms with Crippen molar-refractivity contribution in [3.8, 4) is 0 Å². The van der Waals surface area contributed by atoms with E-state index in [-0.39, 0.29) is 23.3 Å². The smallest absolute Gasteiger partial charge is 0.243 e. The van der Waals surface area contributed by atoms with Gasteiger partial charge in [-0.3, -0.25) is 9.59 Å². The number of methoxy groups -OCH3 is 1. The van der Waals surface area contributed by atoms with Gasteiger partial charge in [0.05, 0.1) is 11.4 Å². The van der Waals surface area contributed by atoms with Crippen LogP contribution in [0, 0.1) is 0 Å². The van der Waals surface area contributed by atoms with Gasteiger partial charge >= 0.3 is 0 Å². The number of amides is 2. The maximum Gasteiger partial charge on any atom is 0.243 e. The second-order valence-corrected chi connectivity index (χ2v) is 8.72. The first-order valence-electron chi connectivity index (χ1n) is 9.45. The van der Waals surface area contributed by atoms with Gasteiger partial charge in [0, 0.05) is 33.9 Å². The van der Waals surface area contributed by atoms with E-state index in [0.717, 1.165) is 6.42 Å². The molecule has 1 aromatic rings. The number of sulfonamides is 1. The molecule has 1 aromatic carbocycles. The highest BCUT2D eigenvalue weighted by molar-refractivity contribution is 7.89. The number of hydrogen-bond donors (Lipinski definition) is 1. The standard InChI is InChI=1S/C19H29N3O5S/c1-21(15-18(23)20-12-8-14-27-2)19(24)17-11-6-7-13-22(17)28(25,26)16-9-4-3-5-10-16/h3-5,9-10,17H,6-8,11-15H2,1-2H3,(H,20,23). The van der Waals surface area contributed by atoms with Crippen LogP contribution in [-0.2, 0) is 24.3 Å². The third-order valence-corrected chi connectivity index (χ3v) is 6.62. The lowest BCUT2D eigenvalue weighted by atomic mass is 10.0. The zero-order valence-corrected chi connectivity index (χ0v) is 17.3. The molecule has 0 radical (unpaired) electrons. The number of ether oxygens (including phenoxy) is 1. The summed E-state index contributed by atoms with van der Waals surface area (Å²) in [7, 11) is -0.650. The van der Waals surface area contributed by atoms with Crippen LogP contribution in [0.5, 0.6) is 0 Å². The van der Waals surface area contributed by atoms with E-state index in [4.69, 9.17) is 4.74 Å². The van der Waals surface area contributed by atoms with Crippen LogP contribution in [0.2, 0.25) is 0 Å². The third kappa shape index (κ3) is 5.76. The van der Waals surface area contributed by atoms with E-state index in [0.29, 0.717) is 39.0 Å². The Kier molecular flexibility index (Phi) is 8.40. The number of hydrogen-bond acceptors (Lipinski definition) is 5. The summed E-state index contributed by atoms with van der Waals surface area (Å²) in [4.78, 5) is 26.4. The molecule has 0 aromatic heterocycles. The van der Waals surface area contributed by atoms with E-state index in [1.807, 2.05) is 0 Å². The Morgan fingerprint density at radius 3 is 2.64 bits per heavy atom. The van der Waals surface area contributed by atoms with Gasteiger partial charge in [-0.05, 0) is 31.4 Å². The highest BCUT2D eigenvalue weighted by Gasteiger charge is 2.38. The van der Waals surface area contributed by atoms with Crippen molar-refractivity contribution < 1.29 is 22.7 Å². The van der Waals surface area contributed by atoms with Crippen molar-refractivity contribution in [2.75, 3.05) is 40.4 Å². The summed E-state index contributed by atoms with van der Waals surface area (Å²) in [5.74, 6) is -0.633. The molecule has 1 fully saturated rings. The number of carbonyl (C=O) groups is 2. The number of piperidine rings is 1. The van der Waals surface area contributed by atoms with Gasteiger partial charge in [-0.1, -0.05) is 24.6 Å². The van der Waals surface area contributed by atoms with Crippen LogP contribution in [-0.4, -0.2) is 75.9 Å². The first-order valence-corrected chi connectivity index (χ1v) is 10.9. The van der Waals surface area contributed by atoms with Crippen molar-refractivity contribution >= 4 is 21.8 Å². The fourth-order valence-electron chi connectivity index (χ4n) is 3.22. The average molecular weight is 412 g/mol. The fraction of sp³-hybridized carbons (Fsp3) is 0.579. The van der Waals surface area contributed by atoms with E-state index >= 15 is 0 Å². The molecule has 0 aliphatic carbocycles. The number of benzene rings is 1. The van der Waals surface area contributed by atoms with Gasteiger partial charge in [-0.15, -0.1) is 0 Å². The van der Waals surface area contributed by atoms with Crippen LogP contribution in [0.25, 0.3) is 0 Å². The monoisotopic (exact) mass is 411 g/mol. The number of nitrogens with one attached hydrogen (secondary N) is 1. The Morgan fingerprint density at radius 2 is 1.96 bits per heavy atom. The van der Waals surface area contributed by atoms with Gasteiger partial charge in [0.25, 0.3) is 0 Å². The van der Waals surface area contributed by atoms with Crippen molar-refractivity contribution in [3.05, 3.63) is 30.3 Å². The third-order valence-electron chi connectivity index (χ3n) is 4.69. The maximum atomic E-state index is 13.0. The Labute approximate surface area is 166 Å².